The van der Waals surface area contributed by atoms with E-state index in [0.29, 0.717) is 11.1 Å². The molecule has 1 aromatic rings. The second-order valence-electron chi connectivity index (χ2n) is 7.27. The van der Waals surface area contributed by atoms with Gasteiger partial charge in [-0.15, -0.1) is 0 Å². The predicted molar refractivity (Wildman–Crippen MR) is 89.2 cm³/mol. The van der Waals surface area contributed by atoms with Gasteiger partial charge in [-0.3, -0.25) is 0 Å². The number of carbonyl (C=O) groups excluding carboxylic acids is 1. The van der Waals surface area contributed by atoms with Crippen molar-refractivity contribution in [1.82, 2.24) is 20.6 Å². The van der Waals surface area contributed by atoms with E-state index in [1.165, 1.54) is 32.4 Å². The number of methoxy groups -OCH3 is 1. The van der Waals surface area contributed by atoms with Crippen molar-refractivity contribution in [2.75, 3.05) is 20.3 Å². The number of hydrogen-bond acceptors (Lipinski definition) is 5. The summed E-state index contributed by atoms with van der Waals surface area (Å²) >= 11 is 0. The largest absolute Gasteiger partial charge is 0.468 e. The Balaban J connectivity index is 1.55. The molecule has 0 radical (unpaired) electrons. The van der Waals surface area contributed by atoms with E-state index >= 15 is 0 Å². The zero-order valence-corrected chi connectivity index (χ0v) is 15.0. The first-order chi connectivity index (χ1) is 12.8. The highest BCUT2D eigenvalue weighted by Crippen LogP contribution is 2.55. The van der Waals surface area contributed by atoms with Crippen LogP contribution in [0.1, 0.15) is 43.8 Å². The third kappa shape index (κ3) is 5.21. The summed E-state index contributed by atoms with van der Waals surface area (Å²) in [6.07, 6.45) is 2.37. The molecule has 7 nitrogen and oxygen atoms in total. The molecular formula is C17H23F3N4O3. The highest BCUT2D eigenvalue weighted by molar-refractivity contribution is 5.75. The molecule has 150 valence electrons. The minimum atomic E-state index is -4.46. The normalized spacial score (nSPS) is 19.7. The molecule has 0 aliphatic heterocycles. The highest BCUT2D eigenvalue weighted by Gasteiger charge is 2.48. The smallest absolute Gasteiger partial charge is 0.422 e. The van der Waals surface area contributed by atoms with Crippen molar-refractivity contribution in [2.24, 2.45) is 5.41 Å². The quantitative estimate of drug-likeness (QED) is 0.750. The summed E-state index contributed by atoms with van der Waals surface area (Å²) in [5, 5.41) is 5.68. The molecule has 2 saturated carbocycles. The lowest BCUT2D eigenvalue weighted by atomic mass is 9.54. The third-order valence-corrected chi connectivity index (χ3v) is 5.15. The maximum atomic E-state index is 12.3. The molecule has 0 saturated heterocycles. The van der Waals surface area contributed by atoms with Gasteiger partial charge in [-0.05, 0) is 31.1 Å². The SMILES string of the molecule is COCC(NC(=O)NC1CC2(CCC2)C1)c1cc(OCC(F)(F)F)ncn1. The molecular weight excluding hydrogens is 365 g/mol. The van der Waals surface area contributed by atoms with Crippen molar-refractivity contribution in [3.05, 3.63) is 18.1 Å². The number of hydrogen-bond donors (Lipinski definition) is 2. The minimum absolute atomic E-state index is 0.109. The molecule has 0 aromatic carbocycles. The van der Waals surface area contributed by atoms with Crippen LogP contribution < -0.4 is 15.4 Å². The molecule has 2 aliphatic rings. The molecule has 1 heterocycles. The summed E-state index contributed by atoms with van der Waals surface area (Å²) in [5.74, 6) is -0.216. The molecule has 27 heavy (non-hydrogen) atoms. The van der Waals surface area contributed by atoms with Crippen LogP contribution in [0.15, 0.2) is 12.4 Å². The van der Waals surface area contributed by atoms with Crippen molar-refractivity contribution in [3.8, 4) is 5.88 Å². The van der Waals surface area contributed by atoms with Crippen LogP contribution >= 0.6 is 0 Å². The van der Waals surface area contributed by atoms with Crippen LogP contribution in [-0.4, -0.2) is 48.5 Å². The molecule has 1 aromatic heterocycles. The number of rotatable bonds is 7. The fourth-order valence-corrected chi connectivity index (χ4v) is 3.70. The monoisotopic (exact) mass is 388 g/mol. The number of urea groups is 1. The Hall–Kier alpha value is -2.10. The number of alkyl halides is 3. The highest BCUT2D eigenvalue weighted by atomic mass is 19.4. The second kappa shape index (κ2) is 7.87. The van der Waals surface area contributed by atoms with Gasteiger partial charge in [0.2, 0.25) is 5.88 Å². The molecule has 2 aliphatic carbocycles. The van der Waals surface area contributed by atoms with Crippen LogP contribution in [0.4, 0.5) is 18.0 Å². The molecule has 2 fully saturated rings. The van der Waals surface area contributed by atoms with E-state index in [4.69, 9.17) is 4.74 Å². The van der Waals surface area contributed by atoms with E-state index in [1.54, 1.807) is 0 Å². The number of nitrogens with one attached hydrogen (secondary N) is 2. The zero-order chi connectivity index (χ0) is 19.5. The van der Waals surface area contributed by atoms with Crippen molar-refractivity contribution in [2.45, 2.75) is 50.4 Å². The molecule has 2 amide bonds. The number of ether oxygens (including phenoxy) is 2. The molecule has 1 spiro atoms. The zero-order valence-electron chi connectivity index (χ0n) is 15.0. The van der Waals surface area contributed by atoms with Gasteiger partial charge in [-0.1, -0.05) is 6.42 Å². The summed E-state index contributed by atoms with van der Waals surface area (Å²) in [6, 6.07) is 0.434. The van der Waals surface area contributed by atoms with E-state index in [1.807, 2.05) is 0 Å². The fourth-order valence-electron chi connectivity index (χ4n) is 3.70. The lowest BCUT2D eigenvalue weighted by Gasteiger charge is -2.54. The first kappa shape index (κ1) is 19.7. The molecule has 1 unspecified atom stereocenters. The Morgan fingerprint density at radius 3 is 2.70 bits per heavy atom. The average Bonchev–Trinajstić information content (AvgIpc) is 2.53. The molecule has 1 atom stereocenters. The van der Waals surface area contributed by atoms with Crippen molar-refractivity contribution >= 4 is 6.03 Å². The number of aromatic nitrogens is 2. The summed E-state index contributed by atoms with van der Waals surface area (Å²) in [5.41, 5.74) is 0.754. The maximum Gasteiger partial charge on any atom is 0.422 e. The van der Waals surface area contributed by atoms with Gasteiger partial charge < -0.3 is 20.1 Å². The molecule has 2 N–H and O–H groups in total. The maximum absolute atomic E-state index is 12.3. The van der Waals surface area contributed by atoms with Crippen molar-refractivity contribution in [3.63, 3.8) is 0 Å². The number of carbonyl (C=O) groups is 1. The van der Waals surface area contributed by atoms with E-state index < -0.39 is 18.8 Å². The van der Waals surface area contributed by atoms with Crippen LogP contribution in [0.5, 0.6) is 5.88 Å². The number of halogens is 3. The second-order valence-corrected chi connectivity index (χ2v) is 7.27. The lowest BCUT2D eigenvalue weighted by molar-refractivity contribution is -0.154. The van der Waals surface area contributed by atoms with Crippen LogP contribution in [0.2, 0.25) is 0 Å². The summed E-state index contributed by atoms with van der Waals surface area (Å²) in [4.78, 5) is 19.9. The number of nitrogens with zero attached hydrogens (tertiary/aromatic N) is 2. The van der Waals surface area contributed by atoms with Gasteiger partial charge in [-0.25, -0.2) is 14.8 Å². The Labute approximate surface area is 155 Å². The minimum Gasteiger partial charge on any atom is -0.468 e. The van der Waals surface area contributed by atoms with Crippen LogP contribution in [-0.2, 0) is 4.74 Å². The fraction of sp³-hybridized carbons (Fsp3) is 0.706. The van der Waals surface area contributed by atoms with E-state index in [2.05, 4.69) is 25.3 Å². The van der Waals surface area contributed by atoms with Gasteiger partial charge in [0.25, 0.3) is 0 Å². The Morgan fingerprint density at radius 2 is 2.11 bits per heavy atom. The van der Waals surface area contributed by atoms with Gasteiger partial charge in [0.05, 0.1) is 18.3 Å². The van der Waals surface area contributed by atoms with Crippen molar-refractivity contribution in [1.29, 1.82) is 0 Å². The van der Waals surface area contributed by atoms with Gasteiger partial charge in [0, 0.05) is 19.2 Å². The molecule has 3 rings (SSSR count). The van der Waals surface area contributed by atoms with Crippen molar-refractivity contribution < 1.29 is 27.4 Å². The van der Waals surface area contributed by atoms with Crippen LogP contribution in [0.3, 0.4) is 0 Å². The van der Waals surface area contributed by atoms with Gasteiger partial charge in [0.15, 0.2) is 6.61 Å². The molecule has 0 bridgehead atoms. The predicted octanol–water partition coefficient (Wildman–Crippen LogP) is 2.74. The Bertz CT molecular complexity index is 659. The van der Waals surface area contributed by atoms with Crippen LogP contribution in [0.25, 0.3) is 0 Å². The summed E-state index contributed by atoms with van der Waals surface area (Å²) < 4.78 is 46.6. The first-order valence-electron chi connectivity index (χ1n) is 8.86. The van der Waals surface area contributed by atoms with Gasteiger partial charge in [0.1, 0.15) is 6.33 Å². The van der Waals surface area contributed by atoms with Gasteiger partial charge >= 0.3 is 12.2 Å². The van der Waals surface area contributed by atoms with Crippen LogP contribution in [0, 0.1) is 5.41 Å². The average molecular weight is 388 g/mol. The summed E-state index contributed by atoms with van der Waals surface area (Å²) in [7, 11) is 1.46. The Morgan fingerprint density at radius 1 is 1.37 bits per heavy atom. The van der Waals surface area contributed by atoms with E-state index in [9.17, 15) is 18.0 Å². The number of amides is 2. The Kier molecular flexibility index (Phi) is 5.73. The van der Waals surface area contributed by atoms with E-state index in [-0.39, 0.29) is 24.6 Å². The third-order valence-electron chi connectivity index (χ3n) is 5.15. The van der Waals surface area contributed by atoms with Gasteiger partial charge in [-0.2, -0.15) is 13.2 Å². The standard InChI is InChI=1S/C17H23F3N4O3/c1-26-8-13(12-5-14(22-10-21-12)27-9-17(18,19)20)24-15(25)23-11-6-16(7-11)3-2-4-16/h5,10-11,13H,2-4,6-9H2,1H3,(H2,23,24,25). The first-order valence-corrected chi connectivity index (χ1v) is 8.86. The summed E-state index contributed by atoms with van der Waals surface area (Å²) in [6.45, 7) is -1.34. The lowest BCUT2D eigenvalue weighted by Crippen LogP contribution is -2.56. The van der Waals surface area contributed by atoms with E-state index in [0.717, 1.165) is 19.2 Å². The molecule has 10 heteroatoms. The topological polar surface area (TPSA) is 85.4 Å².